The number of aromatic nitrogens is 1. The number of aliphatic imine (C=N–C) groups is 1. The number of hydrogen-bond acceptors (Lipinski definition) is 5. The number of benzene rings is 1. The minimum atomic E-state index is -0.301. The quantitative estimate of drug-likeness (QED) is 0.450. The second-order valence-corrected chi connectivity index (χ2v) is 6.95. The lowest BCUT2D eigenvalue weighted by Crippen LogP contribution is -2.27. The monoisotopic (exact) mass is 388 g/mol. The van der Waals surface area contributed by atoms with E-state index in [0.717, 1.165) is 30.8 Å². The number of ether oxygens (including phenoxy) is 2. The van der Waals surface area contributed by atoms with Crippen molar-refractivity contribution in [2.75, 3.05) is 13.2 Å². The molecule has 0 saturated carbocycles. The predicted molar refractivity (Wildman–Crippen MR) is 107 cm³/mol. The van der Waals surface area contributed by atoms with Gasteiger partial charge in [0.1, 0.15) is 0 Å². The smallest absolute Gasteiger partial charge is 0.183 e. The molecule has 0 amide bonds. The van der Waals surface area contributed by atoms with Gasteiger partial charge in [0.25, 0.3) is 0 Å². The number of pyridine rings is 1. The number of isothiocyanates is 1. The third-order valence-electron chi connectivity index (χ3n) is 4.39. The number of unbranched alkanes of at least 4 members (excludes halogenated alkanes) is 1. The summed E-state index contributed by atoms with van der Waals surface area (Å²) in [6.07, 6.45) is 4.91. The van der Waals surface area contributed by atoms with E-state index in [1.54, 1.807) is 12.3 Å². The largest absolute Gasteiger partial charge is 0.348 e. The molecule has 0 bridgehead atoms. The van der Waals surface area contributed by atoms with Gasteiger partial charge in [-0.15, -0.1) is 0 Å². The van der Waals surface area contributed by atoms with Crippen LogP contribution in [0.3, 0.4) is 0 Å². The predicted octanol–water partition coefficient (Wildman–Crippen LogP) is 5.99. The second kappa shape index (κ2) is 9.36. The van der Waals surface area contributed by atoms with Gasteiger partial charge in [0.05, 0.1) is 41.0 Å². The molecule has 0 atom stereocenters. The van der Waals surface area contributed by atoms with Crippen LogP contribution in [0.15, 0.2) is 41.5 Å². The van der Waals surface area contributed by atoms with Crippen LogP contribution in [0.4, 0.5) is 5.69 Å². The summed E-state index contributed by atoms with van der Waals surface area (Å²) >= 11 is 10.9. The highest BCUT2D eigenvalue weighted by Crippen LogP contribution is 2.31. The molecule has 2 aromatic rings. The molecule has 26 heavy (non-hydrogen) atoms. The SMILES string of the molecule is CCCCC1COC(c2ccc(-c3ncc(N=C=S)cc3Cl)cc2)OC1. The zero-order valence-electron chi connectivity index (χ0n) is 14.7. The van der Waals surface area contributed by atoms with E-state index in [9.17, 15) is 0 Å². The van der Waals surface area contributed by atoms with E-state index >= 15 is 0 Å². The average molecular weight is 389 g/mol. The van der Waals surface area contributed by atoms with Gasteiger partial charge in [-0.3, -0.25) is 4.98 Å². The third kappa shape index (κ3) is 4.76. The first-order valence-corrected chi connectivity index (χ1v) is 9.57. The summed E-state index contributed by atoms with van der Waals surface area (Å²) in [6.45, 7) is 3.71. The van der Waals surface area contributed by atoms with Gasteiger partial charge in [-0.05, 0) is 24.7 Å². The first-order chi connectivity index (χ1) is 12.7. The zero-order chi connectivity index (χ0) is 18.4. The van der Waals surface area contributed by atoms with Crippen molar-refractivity contribution in [1.29, 1.82) is 0 Å². The third-order valence-corrected chi connectivity index (χ3v) is 4.77. The average Bonchev–Trinajstić information content (AvgIpc) is 2.67. The van der Waals surface area contributed by atoms with Gasteiger partial charge in [-0.25, -0.2) is 0 Å². The maximum atomic E-state index is 6.31. The van der Waals surface area contributed by atoms with E-state index in [1.165, 1.54) is 12.8 Å². The normalized spacial score (nSPS) is 19.8. The van der Waals surface area contributed by atoms with Gasteiger partial charge in [0, 0.05) is 17.0 Å². The highest BCUT2D eigenvalue weighted by atomic mass is 35.5. The Bertz CT molecular complexity index is 783. The van der Waals surface area contributed by atoms with E-state index in [1.807, 2.05) is 24.3 Å². The molecule has 6 heteroatoms. The fourth-order valence-electron chi connectivity index (χ4n) is 2.95. The van der Waals surface area contributed by atoms with Crippen molar-refractivity contribution < 1.29 is 9.47 Å². The van der Waals surface area contributed by atoms with Crippen molar-refractivity contribution in [1.82, 2.24) is 4.98 Å². The van der Waals surface area contributed by atoms with Crippen LogP contribution in [-0.4, -0.2) is 23.4 Å². The molecule has 0 radical (unpaired) electrons. The Balaban J connectivity index is 1.67. The highest BCUT2D eigenvalue weighted by molar-refractivity contribution is 7.78. The van der Waals surface area contributed by atoms with Crippen LogP contribution in [0.2, 0.25) is 5.02 Å². The molecule has 1 fully saturated rings. The highest BCUT2D eigenvalue weighted by Gasteiger charge is 2.23. The number of halogens is 1. The zero-order valence-corrected chi connectivity index (χ0v) is 16.2. The minimum Gasteiger partial charge on any atom is -0.348 e. The van der Waals surface area contributed by atoms with Crippen LogP contribution in [0, 0.1) is 5.92 Å². The van der Waals surface area contributed by atoms with Gasteiger partial charge < -0.3 is 9.47 Å². The Morgan fingerprint density at radius 1 is 1.27 bits per heavy atom. The first kappa shape index (κ1) is 19.2. The summed E-state index contributed by atoms with van der Waals surface area (Å²) in [5, 5.41) is 2.83. The van der Waals surface area contributed by atoms with Crippen molar-refractivity contribution in [2.24, 2.45) is 10.9 Å². The summed E-state index contributed by atoms with van der Waals surface area (Å²) in [5.74, 6) is 0.502. The number of hydrogen-bond donors (Lipinski definition) is 0. The minimum absolute atomic E-state index is 0.301. The summed E-state index contributed by atoms with van der Waals surface area (Å²) < 4.78 is 11.8. The lowest BCUT2D eigenvalue weighted by atomic mass is 10.0. The van der Waals surface area contributed by atoms with Gasteiger partial charge in [-0.1, -0.05) is 55.6 Å². The van der Waals surface area contributed by atoms with E-state index in [-0.39, 0.29) is 6.29 Å². The molecule has 0 aliphatic carbocycles. The Morgan fingerprint density at radius 2 is 2.00 bits per heavy atom. The van der Waals surface area contributed by atoms with Crippen LogP contribution in [0.25, 0.3) is 11.3 Å². The molecule has 136 valence electrons. The lowest BCUT2D eigenvalue weighted by molar-refractivity contribution is -0.206. The summed E-state index contributed by atoms with van der Waals surface area (Å²) in [6, 6.07) is 9.66. The van der Waals surface area contributed by atoms with Crippen molar-refractivity contribution in [3.8, 4) is 11.3 Å². The van der Waals surface area contributed by atoms with Crippen molar-refractivity contribution in [3.63, 3.8) is 0 Å². The fraction of sp³-hybridized carbons (Fsp3) is 0.400. The maximum Gasteiger partial charge on any atom is 0.183 e. The summed E-state index contributed by atoms with van der Waals surface area (Å²) in [5.41, 5.74) is 3.22. The summed E-state index contributed by atoms with van der Waals surface area (Å²) in [7, 11) is 0. The van der Waals surface area contributed by atoms with E-state index in [2.05, 4.69) is 34.3 Å². The van der Waals surface area contributed by atoms with Crippen LogP contribution in [0.5, 0.6) is 0 Å². The Labute approximate surface area is 164 Å². The Morgan fingerprint density at radius 3 is 2.62 bits per heavy atom. The van der Waals surface area contributed by atoms with E-state index in [0.29, 0.717) is 22.3 Å². The van der Waals surface area contributed by atoms with Crippen molar-refractivity contribution in [2.45, 2.75) is 32.5 Å². The molecule has 0 N–H and O–H groups in total. The van der Waals surface area contributed by atoms with E-state index in [4.69, 9.17) is 21.1 Å². The molecule has 0 spiro atoms. The first-order valence-electron chi connectivity index (χ1n) is 8.78. The number of nitrogens with zero attached hydrogens (tertiary/aromatic N) is 2. The molecule has 1 aromatic heterocycles. The van der Waals surface area contributed by atoms with Crippen molar-refractivity contribution in [3.05, 3.63) is 47.1 Å². The van der Waals surface area contributed by atoms with Gasteiger partial charge in [0.15, 0.2) is 6.29 Å². The number of rotatable bonds is 6. The van der Waals surface area contributed by atoms with Gasteiger partial charge in [0.2, 0.25) is 0 Å². The van der Waals surface area contributed by atoms with Crippen molar-refractivity contribution >= 4 is 34.7 Å². The molecule has 1 aliphatic heterocycles. The molecular formula is C20H21ClN2O2S. The molecule has 3 rings (SSSR count). The van der Waals surface area contributed by atoms with Crippen LogP contribution in [-0.2, 0) is 9.47 Å². The molecular weight excluding hydrogens is 368 g/mol. The summed E-state index contributed by atoms with van der Waals surface area (Å²) in [4.78, 5) is 8.26. The van der Waals surface area contributed by atoms with Gasteiger partial charge >= 0.3 is 0 Å². The second-order valence-electron chi connectivity index (χ2n) is 6.36. The Hall–Kier alpha value is -1.62. The molecule has 2 heterocycles. The topological polar surface area (TPSA) is 43.7 Å². The maximum absolute atomic E-state index is 6.31. The molecule has 4 nitrogen and oxygen atoms in total. The lowest BCUT2D eigenvalue weighted by Gasteiger charge is -2.29. The number of thiocarbonyl (C=S) groups is 1. The molecule has 1 aromatic carbocycles. The standard InChI is InChI=1S/C20H21ClN2O2S/c1-2-3-4-14-11-24-20(25-12-14)16-7-5-15(6-8-16)19-18(21)9-17(10-22-19)23-13-26/h5-10,14,20H,2-4,11-12H2,1H3. The Kier molecular flexibility index (Phi) is 6.89. The van der Waals surface area contributed by atoms with Crippen LogP contribution in [0.1, 0.15) is 38.0 Å². The molecule has 1 saturated heterocycles. The molecule has 0 unspecified atom stereocenters. The van der Waals surface area contributed by atoms with Crippen LogP contribution < -0.4 is 0 Å². The molecule has 1 aliphatic rings. The van der Waals surface area contributed by atoms with E-state index < -0.39 is 0 Å². The van der Waals surface area contributed by atoms with Crippen LogP contribution >= 0.6 is 23.8 Å². The fourth-order valence-corrected chi connectivity index (χ4v) is 3.32. The van der Waals surface area contributed by atoms with Gasteiger partial charge in [-0.2, -0.15) is 4.99 Å².